The lowest BCUT2D eigenvalue weighted by Crippen LogP contribution is -2.44. The van der Waals surface area contributed by atoms with Gasteiger partial charge in [0.2, 0.25) is 11.8 Å². The summed E-state index contributed by atoms with van der Waals surface area (Å²) in [5.74, 6) is -0.374. The number of nitrogens with one attached hydrogen (secondary N) is 3. The number of hydrogen-bond acceptors (Lipinski definition) is 5. The Labute approximate surface area is 204 Å². The third-order valence-corrected chi connectivity index (χ3v) is 5.83. The van der Waals surface area contributed by atoms with Gasteiger partial charge in [-0.1, -0.05) is 18.2 Å². The highest BCUT2D eigenvalue weighted by molar-refractivity contribution is 6.02. The predicted molar refractivity (Wildman–Crippen MR) is 135 cm³/mol. The van der Waals surface area contributed by atoms with Gasteiger partial charge in [-0.05, 0) is 37.6 Å². The second-order valence-electron chi connectivity index (χ2n) is 8.04. The fourth-order valence-electron chi connectivity index (χ4n) is 4.07. The maximum Gasteiger partial charge on any atom is 0.254 e. The molecule has 0 aliphatic rings. The van der Waals surface area contributed by atoms with Crippen LogP contribution < -0.4 is 20.1 Å². The number of anilines is 1. The van der Waals surface area contributed by atoms with E-state index in [0.29, 0.717) is 24.4 Å². The summed E-state index contributed by atoms with van der Waals surface area (Å²) in [4.78, 5) is 43.1. The molecule has 1 heterocycles. The van der Waals surface area contributed by atoms with Crippen LogP contribution in [-0.4, -0.2) is 61.0 Å². The number of rotatable bonds is 10. The second-order valence-corrected chi connectivity index (χ2v) is 8.04. The lowest BCUT2D eigenvalue weighted by atomic mass is 10.0. The van der Waals surface area contributed by atoms with Gasteiger partial charge in [-0.2, -0.15) is 0 Å². The van der Waals surface area contributed by atoms with Crippen molar-refractivity contribution < 1.29 is 23.9 Å². The average Bonchev–Trinajstić information content (AvgIpc) is 3.26. The van der Waals surface area contributed by atoms with E-state index in [1.165, 1.54) is 21.1 Å². The molecule has 0 aliphatic carbocycles. The lowest BCUT2D eigenvalue weighted by molar-refractivity contribution is -0.125. The molecule has 0 fully saturated rings. The van der Waals surface area contributed by atoms with Crippen molar-refractivity contribution in [2.75, 3.05) is 32.6 Å². The summed E-state index contributed by atoms with van der Waals surface area (Å²) in [6.45, 7) is 6.24. The quantitative estimate of drug-likeness (QED) is 0.412. The normalized spacial score (nSPS) is 11.6. The van der Waals surface area contributed by atoms with E-state index in [-0.39, 0.29) is 29.7 Å². The van der Waals surface area contributed by atoms with Gasteiger partial charge >= 0.3 is 0 Å². The van der Waals surface area contributed by atoms with Crippen molar-refractivity contribution >= 4 is 34.3 Å². The summed E-state index contributed by atoms with van der Waals surface area (Å²) >= 11 is 0. The maximum atomic E-state index is 13.4. The first-order valence-corrected chi connectivity index (χ1v) is 11.5. The molecule has 0 bridgehead atoms. The van der Waals surface area contributed by atoms with Crippen molar-refractivity contribution in [2.24, 2.45) is 0 Å². The van der Waals surface area contributed by atoms with Gasteiger partial charge in [0, 0.05) is 49.1 Å². The van der Waals surface area contributed by atoms with Crippen LogP contribution in [0.2, 0.25) is 0 Å². The number of carbonyl (C=O) groups excluding carboxylic acids is 3. The third-order valence-electron chi connectivity index (χ3n) is 5.83. The standard InChI is InChI=1S/C26H32N4O5/c1-6-30(7-2)26(33)17-12-21(24(35-5)23(14-17)34-4)29-25(32)22(28-16(3)31)13-18-15-27-20-11-9-8-10-19(18)20/h8-12,14-15,22,27H,6-7,13H2,1-5H3,(H,28,31)(H,29,32)/t22-/m1/s1. The molecular formula is C26H32N4O5. The molecule has 186 valence electrons. The summed E-state index contributed by atoms with van der Waals surface area (Å²) in [5.41, 5.74) is 2.47. The van der Waals surface area contributed by atoms with Gasteiger partial charge in [-0.3, -0.25) is 14.4 Å². The first kappa shape index (κ1) is 25.6. The number of fused-ring (bicyclic) bond motifs is 1. The molecule has 3 aromatic rings. The van der Waals surface area contributed by atoms with Crippen molar-refractivity contribution in [1.29, 1.82) is 0 Å². The molecule has 9 nitrogen and oxygen atoms in total. The minimum Gasteiger partial charge on any atom is -0.493 e. The van der Waals surface area contributed by atoms with Crippen LogP contribution in [0.5, 0.6) is 11.5 Å². The Kier molecular flexibility index (Phi) is 8.35. The van der Waals surface area contributed by atoms with Crippen molar-refractivity contribution in [1.82, 2.24) is 15.2 Å². The Morgan fingerprint density at radius 2 is 1.77 bits per heavy atom. The first-order valence-electron chi connectivity index (χ1n) is 11.5. The maximum absolute atomic E-state index is 13.4. The van der Waals surface area contributed by atoms with E-state index in [2.05, 4.69) is 15.6 Å². The molecule has 3 amide bonds. The Hall–Kier alpha value is -4.01. The first-order chi connectivity index (χ1) is 16.8. The van der Waals surface area contributed by atoms with E-state index in [0.717, 1.165) is 16.5 Å². The number of benzene rings is 2. The number of para-hydroxylation sites is 1. The Bertz CT molecular complexity index is 1220. The van der Waals surface area contributed by atoms with Crippen LogP contribution in [-0.2, 0) is 16.0 Å². The molecule has 0 saturated heterocycles. The Morgan fingerprint density at radius 3 is 2.40 bits per heavy atom. The molecule has 1 atom stereocenters. The number of amides is 3. The minimum atomic E-state index is -0.857. The van der Waals surface area contributed by atoms with Crippen molar-refractivity contribution in [3.8, 4) is 11.5 Å². The smallest absolute Gasteiger partial charge is 0.254 e. The van der Waals surface area contributed by atoms with Crippen molar-refractivity contribution in [3.63, 3.8) is 0 Å². The Morgan fingerprint density at radius 1 is 1.06 bits per heavy atom. The largest absolute Gasteiger partial charge is 0.493 e. The van der Waals surface area contributed by atoms with Gasteiger partial charge < -0.3 is 30.0 Å². The molecule has 35 heavy (non-hydrogen) atoms. The van der Waals surface area contributed by atoms with Crippen LogP contribution in [0.15, 0.2) is 42.6 Å². The lowest BCUT2D eigenvalue weighted by Gasteiger charge is -2.22. The van der Waals surface area contributed by atoms with Gasteiger partial charge in [0.15, 0.2) is 11.5 Å². The molecule has 0 aliphatic heterocycles. The zero-order valence-corrected chi connectivity index (χ0v) is 20.7. The van der Waals surface area contributed by atoms with Crippen LogP contribution >= 0.6 is 0 Å². The fourth-order valence-corrected chi connectivity index (χ4v) is 4.07. The average molecular weight is 481 g/mol. The van der Waals surface area contributed by atoms with E-state index in [9.17, 15) is 14.4 Å². The van der Waals surface area contributed by atoms with Gasteiger partial charge in [0.05, 0.1) is 19.9 Å². The highest BCUT2D eigenvalue weighted by Gasteiger charge is 2.25. The summed E-state index contributed by atoms with van der Waals surface area (Å²) < 4.78 is 10.9. The van der Waals surface area contributed by atoms with Crippen LogP contribution in [0, 0.1) is 0 Å². The summed E-state index contributed by atoms with van der Waals surface area (Å²) in [5, 5.41) is 6.54. The van der Waals surface area contributed by atoms with E-state index in [1.54, 1.807) is 17.0 Å². The number of aromatic amines is 1. The van der Waals surface area contributed by atoms with Gasteiger partial charge in [-0.25, -0.2) is 0 Å². The van der Waals surface area contributed by atoms with Crippen molar-refractivity contribution in [3.05, 3.63) is 53.7 Å². The van der Waals surface area contributed by atoms with E-state index < -0.39 is 11.9 Å². The third kappa shape index (κ3) is 5.74. The highest BCUT2D eigenvalue weighted by atomic mass is 16.5. The molecule has 9 heteroatoms. The SMILES string of the molecule is CCN(CC)C(=O)c1cc(NC(=O)[C@@H](Cc2c[nH]c3ccccc23)NC(C)=O)c(OC)c(OC)c1. The van der Waals surface area contributed by atoms with E-state index in [4.69, 9.17) is 9.47 Å². The van der Waals surface area contributed by atoms with Crippen LogP contribution in [0.1, 0.15) is 36.7 Å². The molecular weight excluding hydrogens is 448 g/mol. The Balaban J connectivity index is 1.95. The molecule has 0 unspecified atom stereocenters. The number of hydrogen-bond donors (Lipinski definition) is 3. The van der Waals surface area contributed by atoms with Crippen molar-refractivity contribution in [2.45, 2.75) is 33.2 Å². The van der Waals surface area contributed by atoms with Crippen LogP contribution in [0.4, 0.5) is 5.69 Å². The van der Waals surface area contributed by atoms with Gasteiger partial charge in [0.1, 0.15) is 6.04 Å². The zero-order chi connectivity index (χ0) is 25.5. The number of carbonyl (C=O) groups is 3. The van der Waals surface area contributed by atoms with Gasteiger partial charge in [-0.15, -0.1) is 0 Å². The molecule has 3 rings (SSSR count). The fraction of sp³-hybridized carbons (Fsp3) is 0.346. The topological polar surface area (TPSA) is 113 Å². The predicted octanol–water partition coefficient (Wildman–Crippen LogP) is 3.35. The van der Waals surface area contributed by atoms with E-state index in [1.807, 2.05) is 44.3 Å². The zero-order valence-electron chi connectivity index (χ0n) is 20.7. The van der Waals surface area contributed by atoms with E-state index >= 15 is 0 Å². The van der Waals surface area contributed by atoms with Crippen LogP contribution in [0.25, 0.3) is 10.9 Å². The summed E-state index contributed by atoms with van der Waals surface area (Å²) in [7, 11) is 2.92. The van der Waals surface area contributed by atoms with Crippen LogP contribution in [0.3, 0.4) is 0 Å². The molecule has 3 N–H and O–H groups in total. The summed E-state index contributed by atoms with van der Waals surface area (Å²) in [6, 6.07) is 10.0. The monoisotopic (exact) mass is 480 g/mol. The summed E-state index contributed by atoms with van der Waals surface area (Å²) in [6.07, 6.45) is 2.10. The molecule has 0 spiro atoms. The molecule has 0 radical (unpaired) electrons. The number of methoxy groups -OCH3 is 2. The highest BCUT2D eigenvalue weighted by Crippen LogP contribution is 2.37. The number of H-pyrrole nitrogens is 1. The van der Waals surface area contributed by atoms with Gasteiger partial charge in [0.25, 0.3) is 5.91 Å². The number of ether oxygens (including phenoxy) is 2. The second kappa shape index (κ2) is 11.4. The minimum absolute atomic E-state index is 0.191. The molecule has 1 aromatic heterocycles. The molecule has 2 aromatic carbocycles. The number of aromatic nitrogens is 1. The molecule has 0 saturated carbocycles. The number of nitrogens with zero attached hydrogens (tertiary/aromatic N) is 1.